The van der Waals surface area contributed by atoms with E-state index in [4.69, 9.17) is 4.74 Å². The summed E-state index contributed by atoms with van der Waals surface area (Å²) >= 11 is 0. The van der Waals surface area contributed by atoms with Crippen molar-refractivity contribution in [3.8, 4) is 5.75 Å². The van der Waals surface area contributed by atoms with E-state index in [-0.39, 0.29) is 5.97 Å². The highest BCUT2D eigenvalue weighted by atomic mass is 16.5. The molecule has 2 aliphatic carbocycles. The number of allylic oxidation sites excluding steroid dienone is 2. The van der Waals surface area contributed by atoms with Crippen molar-refractivity contribution in [3.05, 3.63) is 41.5 Å². The van der Waals surface area contributed by atoms with Gasteiger partial charge in [-0.05, 0) is 60.8 Å². The fourth-order valence-electron chi connectivity index (χ4n) is 4.36. The smallest absolute Gasteiger partial charge is 0.308 e. The zero-order valence-electron chi connectivity index (χ0n) is 13.9. The lowest BCUT2D eigenvalue weighted by atomic mass is 9.63. The van der Waals surface area contributed by atoms with E-state index in [0.717, 1.165) is 25.7 Å². The van der Waals surface area contributed by atoms with Crippen LogP contribution in [-0.4, -0.2) is 11.8 Å². The minimum Gasteiger partial charge on any atom is -0.427 e. The molecule has 0 radical (unpaired) electrons. The lowest BCUT2D eigenvalue weighted by Gasteiger charge is -2.41. The maximum atomic E-state index is 11.7. The first-order chi connectivity index (χ1) is 11.1. The molecule has 0 aromatic heterocycles. The van der Waals surface area contributed by atoms with Gasteiger partial charge in [-0.2, -0.15) is 0 Å². The Balaban J connectivity index is 1.81. The largest absolute Gasteiger partial charge is 0.427 e. The van der Waals surface area contributed by atoms with Crippen LogP contribution in [0.5, 0.6) is 5.75 Å². The number of fused-ring (bicyclic) bond motifs is 1. The van der Waals surface area contributed by atoms with E-state index in [1.165, 1.54) is 18.1 Å². The molecule has 0 bridgehead atoms. The Morgan fingerprint density at radius 1 is 1.13 bits per heavy atom. The summed E-state index contributed by atoms with van der Waals surface area (Å²) in [5.41, 5.74) is 2.70. The molecule has 23 heavy (non-hydrogen) atoms. The first-order valence-electron chi connectivity index (χ1n) is 8.60. The minimum absolute atomic E-state index is 0.288. The number of ether oxygens (including phenoxy) is 1. The molecule has 1 saturated carbocycles. The summed E-state index contributed by atoms with van der Waals surface area (Å²) in [6.07, 6.45) is 6.88. The van der Waals surface area contributed by atoms with Crippen molar-refractivity contribution in [1.29, 1.82) is 0 Å². The first-order valence-corrected chi connectivity index (χ1v) is 8.60. The molecule has 0 aliphatic heterocycles. The maximum Gasteiger partial charge on any atom is 0.308 e. The number of hydrogen-bond donors (Lipinski definition) is 0. The van der Waals surface area contributed by atoms with Gasteiger partial charge in [-0.15, -0.1) is 0 Å². The molecular weight excluding hydrogens is 288 g/mol. The van der Waals surface area contributed by atoms with Gasteiger partial charge in [-0.25, -0.2) is 0 Å². The predicted octanol–water partition coefficient (Wildman–Crippen LogP) is 4.42. The minimum atomic E-state index is -0.288. The van der Waals surface area contributed by atoms with Crippen molar-refractivity contribution in [2.45, 2.75) is 51.9 Å². The second kappa shape index (κ2) is 6.69. The third-order valence-corrected chi connectivity index (χ3v) is 5.34. The highest BCUT2D eigenvalue weighted by molar-refractivity contribution is 5.91. The summed E-state index contributed by atoms with van der Waals surface area (Å²) in [6.45, 7) is 3.67. The van der Waals surface area contributed by atoms with E-state index < -0.39 is 0 Å². The highest BCUT2D eigenvalue weighted by Gasteiger charge is 2.37. The van der Waals surface area contributed by atoms with Crippen molar-refractivity contribution in [1.82, 2.24) is 0 Å². The Hall–Kier alpha value is -1.90. The monoisotopic (exact) mass is 312 g/mol. The van der Waals surface area contributed by atoms with Crippen molar-refractivity contribution in [2.75, 3.05) is 0 Å². The fourth-order valence-corrected chi connectivity index (χ4v) is 4.36. The van der Waals surface area contributed by atoms with Crippen LogP contribution in [0.15, 0.2) is 35.9 Å². The third kappa shape index (κ3) is 3.39. The van der Waals surface area contributed by atoms with Crippen LogP contribution in [-0.2, 0) is 9.59 Å². The SMILES string of the molecule is CC[C@@H]1[C@@H]2CCC(=O)C=C2CC[C@@H]1c1ccc(OC(C)=O)cc1. The van der Waals surface area contributed by atoms with Crippen molar-refractivity contribution < 1.29 is 14.3 Å². The number of benzene rings is 1. The molecule has 0 amide bonds. The first kappa shape index (κ1) is 16.0. The quantitative estimate of drug-likeness (QED) is 0.613. The van der Waals surface area contributed by atoms with Gasteiger partial charge in [-0.3, -0.25) is 9.59 Å². The van der Waals surface area contributed by atoms with Crippen LogP contribution in [0.3, 0.4) is 0 Å². The van der Waals surface area contributed by atoms with E-state index in [0.29, 0.717) is 35.7 Å². The summed E-state index contributed by atoms with van der Waals surface area (Å²) in [5, 5.41) is 0. The standard InChI is InChI=1S/C20H24O3/c1-3-18-19(10-6-15-12-16(22)7-11-20(15)18)14-4-8-17(9-5-14)23-13(2)21/h4-5,8-9,12,18-20H,3,6-7,10-11H2,1-2H3/t18-,19+,20+/m0/s1. The van der Waals surface area contributed by atoms with Crippen LogP contribution in [0.1, 0.15) is 57.4 Å². The van der Waals surface area contributed by atoms with Crippen molar-refractivity contribution >= 4 is 11.8 Å². The van der Waals surface area contributed by atoms with E-state index in [9.17, 15) is 9.59 Å². The average Bonchev–Trinajstić information content (AvgIpc) is 2.54. The summed E-state index contributed by atoms with van der Waals surface area (Å²) < 4.78 is 5.12. The number of rotatable bonds is 3. The van der Waals surface area contributed by atoms with E-state index in [1.807, 2.05) is 18.2 Å². The van der Waals surface area contributed by atoms with Crippen LogP contribution in [0.4, 0.5) is 0 Å². The van der Waals surface area contributed by atoms with Gasteiger partial charge < -0.3 is 4.74 Å². The molecule has 0 heterocycles. The summed E-state index contributed by atoms with van der Waals surface area (Å²) in [4.78, 5) is 22.7. The zero-order valence-corrected chi connectivity index (χ0v) is 13.9. The molecule has 3 heteroatoms. The summed E-state index contributed by atoms with van der Waals surface area (Å²) in [6, 6.07) is 7.96. The molecule has 1 aromatic carbocycles. The number of ketones is 1. The molecule has 1 aromatic rings. The van der Waals surface area contributed by atoms with Gasteiger partial charge in [0.2, 0.25) is 0 Å². The van der Waals surface area contributed by atoms with Crippen molar-refractivity contribution in [2.24, 2.45) is 11.8 Å². The molecule has 1 fully saturated rings. The number of carbonyl (C=O) groups excluding carboxylic acids is 2. The maximum absolute atomic E-state index is 11.7. The molecular formula is C20H24O3. The number of hydrogen-bond acceptors (Lipinski definition) is 3. The Morgan fingerprint density at radius 2 is 1.83 bits per heavy atom. The summed E-state index contributed by atoms with van der Waals surface area (Å²) in [5.74, 6) is 2.31. The molecule has 0 N–H and O–H groups in total. The third-order valence-electron chi connectivity index (χ3n) is 5.34. The lowest BCUT2D eigenvalue weighted by Crippen LogP contribution is -2.31. The number of esters is 1. The Morgan fingerprint density at radius 3 is 2.48 bits per heavy atom. The fraction of sp³-hybridized carbons (Fsp3) is 0.500. The van der Waals surface area contributed by atoms with Gasteiger partial charge in [-0.1, -0.05) is 31.1 Å². The molecule has 122 valence electrons. The normalized spacial score (nSPS) is 27.1. The molecule has 0 spiro atoms. The molecule has 0 saturated heterocycles. The molecule has 3 nitrogen and oxygen atoms in total. The Kier molecular flexibility index (Phi) is 4.65. The van der Waals surface area contributed by atoms with Crippen LogP contribution in [0.2, 0.25) is 0 Å². The number of carbonyl (C=O) groups is 2. The second-order valence-corrected chi connectivity index (χ2v) is 6.71. The lowest BCUT2D eigenvalue weighted by molar-refractivity contribution is -0.131. The van der Waals surface area contributed by atoms with Crippen LogP contribution in [0, 0.1) is 11.8 Å². The van der Waals surface area contributed by atoms with Gasteiger partial charge in [0.1, 0.15) is 5.75 Å². The van der Waals surface area contributed by atoms with Crippen LogP contribution >= 0.6 is 0 Å². The van der Waals surface area contributed by atoms with Gasteiger partial charge in [0.25, 0.3) is 0 Å². The van der Waals surface area contributed by atoms with Gasteiger partial charge in [0.05, 0.1) is 0 Å². The van der Waals surface area contributed by atoms with Gasteiger partial charge >= 0.3 is 5.97 Å². The molecule has 2 aliphatic rings. The summed E-state index contributed by atoms with van der Waals surface area (Å²) in [7, 11) is 0. The second-order valence-electron chi connectivity index (χ2n) is 6.71. The Labute approximate surface area is 137 Å². The van der Waals surface area contributed by atoms with E-state index >= 15 is 0 Å². The van der Waals surface area contributed by atoms with Gasteiger partial charge in [0, 0.05) is 13.3 Å². The van der Waals surface area contributed by atoms with Crippen LogP contribution < -0.4 is 4.74 Å². The molecule has 3 rings (SSSR count). The molecule has 0 unspecified atom stereocenters. The average molecular weight is 312 g/mol. The highest BCUT2D eigenvalue weighted by Crippen LogP contribution is 2.48. The molecule has 3 atom stereocenters. The zero-order chi connectivity index (χ0) is 16.4. The topological polar surface area (TPSA) is 43.4 Å². The van der Waals surface area contributed by atoms with Gasteiger partial charge in [0.15, 0.2) is 5.78 Å². The Bertz CT molecular complexity index is 627. The van der Waals surface area contributed by atoms with E-state index in [2.05, 4.69) is 19.1 Å². The van der Waals surface area contributed by atoms with Crippen LogP contribution in [0.25, 0.3) is 0 Å². The van der Waals surface area contributed by atoms with E-state index in [1.54, 1.807) is 0 Å². The van der Waals surface area contributed by atoms with Crippen molar-refractivity contribution in [3.63, 3.8) is 0 Å². The predicted molar refractivity (Wildman–Crippen MR) is 89.3 cm³/mol.